The van der Waals surface area contributed by atoms with Gasteiger partial charge in [-0.1, -0.05) is 0 Å². The number of hydrogen-bond acceptors (Lipinski definition) is 5. The summed E-state index contributed by atoms with van der Waals surface area (Å²) in [6.07, 6.45) is 2.44. The van der Waals surface area contributed by atoms with Gasteiger partial charge in [0.15, 0.2) is 5.96 Å². The van der Waals surface area contributed by atoms with E-state index >= 15 is 0 Å². The van der Waals surface area contributed by atoms with Crippen LogP contribution in [0.15, 0.2) is 29.3 Å². The van der Waals surface area contributed by atoms with E-state index in [0.29, 0.717) is 12.0 Å². The van der Waals surface area contributed by atoms with Crippen molar-refractivity contribution in [1.29, 1.82) is 0 Å². The van der Waals surface area contributed by atoms with Crippen molar-refractivity contribution in [3.05, 3.63) is 24.3 Å². The van der Waals surface area contributed by atoms with E-state index in [2.05, 4.69) is 25.8 Å². The van der Waals surface area contributed by atoms with Crippen molar-refractivity contribution in [2.75, 3.05) is 45.2 Å². The van der Waals surface area contributed by atoms with Crippen molar-refractivity contribution in [3.8, 4) is 5.75 Å². The number of anilines is 1. The Bertz CT molecular complexity index is 735. The summed E-state index contributed by atoms with van der Waals surface area (Å²) < 4.78 is 11.0. The minimum Gasteiger partial charge on any atom is -0.491 e. The van der Waals surface area contributed by atoms with Gasteiger partial charge in [-0.2, -0.15) is 0 Å². The average molecular weight is 576 g/mol. The summed E-state index contributed by atoms with van der Waals surface area (Å²) in [7, 11) is 1.73. The van der Waals surface area contributed by atoms with Crippen LogP contribution in [-0.2, 0) is 9.53 Å². The fraction of sp³-hybridized carbons (Fsp3) is 0.667. The van der Waals surface area contributed by atoms with Crippen LogP contribution in [0.4, 0.5) is 5.69 Å². The number of ether oxygens (including phenoxy) is 2. The predicted molar refractivity (Wildman–Crippen MR) is 146 cm³/mol. The van der Waals surface area contributed by atoms with Crippen molar-refractivity contribution < 1.29 is 14.3 Å². The summed E-state index contributed by atoms with van der Waals surface area (Å²) in [6.45, 7) is 13.4. The fourth-order valence-electron chi connectivity index (χ4n) is 3.62. The molecule has 9 heteroatoms. The molecule has 1 unspecified atom stereocenters. The molecule has 1 aromatic carbocycles. The second kappa shape index (κ2) is 14.6. The highest BCUT2D eigenvalue weighted by molar-refractivity contribution is 14.0. The zero-order valence-electron chi connectivity index (χ0n) is 20.9. The van der Waals surface area contributed by atoms with E-state index in [1.165, 1.54) is 6.42 Å². The van der Waals surface area contributed by atoms with Gasteiger partial charge in [0.25, 0.3) is 0 Å². The molecule has 2 rings (SSSR count). The Morgan fingerprint density at radius 1 is 1.24 bits per heavy atom. The lowest BCUT2D eigenvalue weighted by Gasteiger charge is -2.25. The number of carbonyl (C=O) groups excluding carboxylic acids is 1. The van der Waals surface area contributed by atoms with E-state index in [-0.39, 0.29) is 48.1 Å². The van der Waals surface area contributed by atoms with Crippen molar-refractivity contribution >= 4 is 41.5 Å². The molecule has 3 N–H and O–H groups in total. The lowest BCUT2D eigenvalue weighted by atomic mass is 10.1. The maximum absolute atomic E-state index is 12.3. The molecule has 33 heavy (non-hydrogen) atoms. The van der Waals surface area contributed by atoms with Crippen molar-refractivity contribution in [3.63, 3.8) is 0 Å². The SMILES string of the molecule is COCCN1CCCC1CNC(=NCC(=O)NC(C)(C)C)Nc1ccc(OC(C)C)cc1.I. The average Bonchev–Trinajstić information content (AvgIpc) is 3.15. The van der Waals surface area contributed by atoms with E-state index in [0.717, 1.165) is 44.1 Å². The second-order valence-electron chi connectivity index (χ2n) is 9.48. The van der Waals surface area contributed by atoms with Crippen LogP contribution in [-0.4, -0.2) is 74.3 Å². The van der Waals surface area contributed by atoms with Crippen molar-refractivity contribution in [2.24, 2.45) is 4.99 Å². The number of rotatable bonds is 10. The van der Waals surface area contributed by atoms with E-state index in [1.807, 2.05) is 58.9 Å². The van der Waals surface area contributed by atoms with Gasteiger partial charge < -0.3 is 25.4 Å². The molecule has 1 fully saturated rings. The maximum Gasteiger partial charge on any atom is 0.242 e. The molecule has 1 aliphatic heterocycles. The van der Waals surface area contributed by atoms with Gasteiger partial charge in [0.1, 0.15) is 12.3 Å². The highest BCUT2D eigenvalue weighted by Gasteiger charge is 2.24. The molecule has 1 saturated heterocycles. The molecule has 0 saturated carbocycles. The topological polar surface area (TPSA) is 87.2 Å². The molecular formula is C24H42IN5O3. The molecule has 0 aromatic heterocycles. The molecule has 1 amide bonds. The van der Waals surface area contributed by atoms with Gasteiger partial charge in [-0.15, -0.1) is 24.0 Å². The monoisotopic (exact) mass is 575 g/mol. The molecule has 0 bridgehead atoms. The first-order chi connectivity index (χ1) is 15.2. The van der Waals surface area contributed by atoms with E-state index < -0.39 is 0 Å². The normalized spacial score (nSPS) is 16.9. The Kier molecular flexibility index (Phi) is 13.0. The summed E-state index contributed by atoms with van der Waals surface area (Å²) >= 11 is 0. The lowest BCUT2D eigenvalue weighted by molar-refractivity contribution is -0.121. The van der Waals surface area contributed by atoms with Crippen LogP contribution in [0, 0.1) is 0 Å². The van der Waals surface area contributed by atoms with Crippen LogP contribution >= 0.6 is 24.0 Å². The summed E-state index contributed by atoms with van der Waals surface area (Å²) in [5, 5.41) is 9.70. The number of hydrogen-bond donors (Lipinski definition) is 3. The molecule has 188 valence electrons. The van der Waals surface area contributed by atoms with E-state index in [4.69, 9.17) is 9.47 Å². The first-order valence-corrected chi connectivity index (χ1v) is 11.5. The molecular weight excluding hydrogens is 533 g/mol. The highest BCUT2D eigenvalue weighted by atomic mass is 127. The first-order valence-electron chi connectivity index (χ1n) is 11.5. The largest absolute Gasteiger partial charge is 0.491 e. The Balaban J connectivity index is 0.00000544. The van der Waals surface area contributed by atoms with Gasteiger partial charge in [0.05, 0.1) is 12.7 Å². The van der Waals surface area contributed by atoms with Crippen LogP contribution in [0.3, 0.4) is 0 Å². The molecule has 8 nitrogen and oxygen atoms in total. The first kappa shape index (κ1) is 29.4. The summed E-state index contributed by atoms with van der Waals surface area (Å²) in [5.74, 6) is 1.30. The number of nitrogens with one attached hydrogen (secondary N) is 3. The Morgan fingerprint density at radius 2 is 1.94 bits per heavy atom. The molecule has 1 aromatic rings. The smallest absolute Gasteiger partial charge is 0.242 e. The van der Waals surface area contributed by atoms with Crippen molar-refractivity contribution in [1.82, 2.24) is 15.5 Å². The van der Waals surface area contributed by atoms with E-state index in [9.17, 15) is 4.79 Å². The zero-order chi connectivity index (χ0) is 23.6. The van der Waals surface area contributed by atoms with Gasteiger partial charge in [-0.25, -0.2) is 4.99 Å². The number of likely N-dealkylation sites (tertiary alicyclic amines) is 1. The minimum absolute atomic E-state index is 0. The predicted octanol–water partition coefficient (Wildman–Crippen LogP) is 3.47. The van der Waals surface area contributed by atoms with Crippen LogP contribution in [0.5, 0.6) is 5.75 Å². The zero-order valence-corrected chi connectivity index (χ0v) is 23.3. The van der Waals surface area contributed by atoms with Gasteiger partial charge in [-0.05, 0) is 78.3 Å². The number of nitrogens with zero attached hydrogens (tertiary/aromatic N) is 2. The number of benzene rings is 1. The minimum atomic E-state index is -0.286. The standard InChI is InChI=1S/C24H41N5O3.HI/c1-18(2)32-21-11-9-19(10-12-21)27-23(26-17-22(30)28-24(3,4)5)25-16-20-8-7-13-29(20)14-15-31-6;/h9-12,18,20H,7-8,13-17H2,1-6H3,(H,28,30)(H2,25,26,27);1H. The Labute approximate surface area is 216 Å². The van der Waals surface area contributed by atoms with Crippen molar-refractivity contribution in [2.45, 2.75) is 65.1 Å². The van der Waals surface area contributed by atoms with Gasteiger partial charge in [-0.3, -0.25) is 9.69 Å². The third kappa shape index (κ3) is 11.9. The number of aliphatic imine (C=N–C) groups is 1. The number of methoxy groups -OCH3 is 1. The summed E-state index contributed by atoms with van der Waals surface area (Å²) in [4.78, 5) is 19.3. The number of carbonyl (C=O) groups is 1. The molecule has 1 heterocycles. The van der Waals surface area contributed by atoms with Crippen LogP contribution < -0.4 is 20.7 Å². The fourth-order valence-corrected chi connectivity index (χ4v) is 3.62. The lowest BCUT2D eigenvalue weighted by Crippen LogP contribution is -2.44. The number of halogens is 1. The summed E-state index contributed by atoms with van der Waals surface area (Å²) in [6, 6.07) is 8.17. The third-order valence-electron chi connectivity index (χ3n) is 4.97. The third-order valence-corrected chi connectivity index (χ3v) is 4.97. The highest BCUT2D eigenvalue weighted by Crippen LogP contribution is 2.18. The van der Waals surface area contributed by atoms with Crippen LogP contribution in [0.2, 0.25) is 0 Å². The quantitative estimate of drug-likeness (QED) is 0.225. The van der Waals surface area contributed by atoms with Gasteiger partial charge in [0, 0.05) is 37.5 Å². The molecule has 1 aliphatic rings. The summed E-state index contributed by atoms with van der Waals surface area (Å²) in [5.41, 5.74) is 0.595. The second-order valence-corrected chi connectivity index (χ2v) is 9.48. The molecule has 0 spiro atoms. The maximum atomic E-state index is 12.3. The number of amides is 1. The Hall–Kier alpha value is -1.59. The van der Waals surface area contributed by atoms with Gasteiger partial charge >= 0.3 is 0 Å². The van der Waals surface area contributed by atoms with Crippen LogP contribution in [0.25, 0.3) is 0 Å². The van der Waals surface area contributed by atoms with E-state index in [1.54, 1.807) is 7.11 Å². The van der Waals surface area contributed by atoms with Crippen LogP contribution in [0.1, 0.15) is 47.5 Å². The molecule has 0 aliphatic carbocycles. The van der Waals surface area contributed by atoms with Gasteiger partial charge in [0.2, 0.25) is 5.91 Å². The molecule has 0 radical (unpaired) electrons. The number of guanidine groups is 1. The Morgan fingerprint density at radius 3 is 2.55 bits per heavy atom. The molecule has 1 atom stereocenters.